The molecular weight excluding hydrogens is 965 g/mol. The van der Waals surface area contributed by atoms with Gasteiger partial charge in [-0.15, -0.1) is 0 Å². The third-order valence-corrected chi connectivity index (χ3v) is 7.74. The van der Waals surface area contributed by atoms with Gasteiger partial charge in [0.25, 0.3) is 0 Å². The molecule has 3 N–H and O–H groups in total. The number of alkyl halides is 33. The molecule has 0 aliphatic carbocycles. The first-order valence-corrected chi connectivity index (χ1v) is 14.0. The molecule has 0 rings (SSSR count). The van der Waals surface area contributed by atoms with Crippen LogP contribution in [0.4, 0.5) is 145 Å². The number of nitrogens with zero attached hydrogens (tertiary/aromatic N) is 1. The molecule has 37 heteroatoms. The minimum Gasteiger partial charge on any atom is -0.395 e. The van der Waals surface area contributed by atoms with Gasteiger partial charge in [-0.25, -0.2) is 0 Å². The average Bonchev–Trinajstić information content (AvgIpc) is 3.02. The smallest absolute Gasteiger partial charge is 0.395 e. The van der Waals surface area contributed by atoms with Crippen molar-refractivity contribution in [3.8, 4) is 0 Å². The van der Waals surface area contributed by atoms with Crippen LogP contribution in [0.25, 0.3) is 0 Å². The van der Waals surface area contributed by atoms with Gasteiger partial charge in [0.2, 0.25) is 0 Å². The second-order valence-electron chi connectivity index (χ2n) is 11.8. The molecule has 0 spiro atoms. The summed E-state index contributed by atoms with van der Waals surface area (Å²) in [5.74, 6) is -144. The van der Waals surface area contributed by atoms with Crippen LogP contribution >= 0.6 is 0 Å². The summed E-state index contributed by atoms with van der Waals surface area (Å²) in [6.45, 7) is -5.56. The minimum atomic E-state index is -10.3. The second kappa shape index (κ2) is 15.7. The van der Waals surface area contributed by atoms with E-state index < -0.39 is 140 Å². The molecule has 0 aliphatic rings. The van der Waals surface area contributed by atoms with Crippen molar-refractivity contribution in [3.63, 3.8) is 0 Å². The van der Waals surface area contributed by atoms with E-state index in [4.69, 9.17) is 10.2 Å². The van der Waals surface area contributed by atoms with Crippen LogP contribution in [0.15, 0.2) is 0 Å². The number of hydrogen-bond acceptors (Lipinski definition) is 4. The Bertz CT molecular complexity index is 1460. The Balaban J connectivity index is 7.54. The van der Waals surface area contributed by atoms with E-state index in [-0.39, 0.29) is 0 Å². The van der Waals surface area contributed by atoms with Gasteiger partial charge in [-0.3, -0.25) is 4.90 Å². The summed E-state index contributed by atoms with van der Waals surface area (Å²) in [4.78, 5) is 0.339. The Labute approximate surface area is 306 Å². The average molecular weight is 981 g/mol. The maximum absolute atomic E-state index is 14.1. The molecule has 1 atom stereocenters. The predicted molar refractivity (Wildman–Crippen MR) is 121 cm³/mol. The zero-order valence-corrected chi connectivity index (χ0v) is 27.1. The molecule has 0 aromatic heterocycles. The van der Waals surface area contributed by atoms with E-state index in [1.165, 1.54) is 0 Å². The van der Waals surface area contributed by atoms with Crippen LogP contribution in [-0.2, 0) is 0 Å². The first-order valence-electron chi connectivity index (χ1n) is 14.0. The fraction of sp³-hybridized carbons (Fsp3) is 1.00. The monoisotopic (exact) mass is 981 g/mol. The van der Waals surface area contributed by atoms with E-state index in [1.807, 2.05) is 0 Å². The molecule has 0 aromatic rings. The van der Waals surface area contributed by atoms with E-state index in [0.29, 0.717) is 4.90 Å². The zero-order chi connectivity index (χ0) is 49.4. The van der Waals surface area contributed by atoms with E-state index >= 15 is 0 Å². The van der Waals surface area contributed by atoms with Crippen molar-refractivity contribution < 1.29 is 160 Å². The standard InChI is InChI=1S/C23H16F33NO3/c24-8(25,5-7(60)6-57(1-3-58)2-4-59)9(26,27)10(28,29)11(30,31)12(32,33)13(34,35)14(36,37)15(38,39)16(40,41)17(42,43)18(44,45)19(46,47)20(48,49)21(50,51)22(52,53)23(54,55)56/h7,58-60H,1-6H2. The van der Waals surface area contributed by atoms with Crippen LogP contribution in [0.1, 0.15) is 6.42 Å². The lowest BCUT2D eigenvalue weighted by atomic mass is 9.82. The topological polar surface area (TPSA) is 63.9 Å². The molecular formula is C23H16F33NO3. The van der Waals surface area contributed by atoms with Crippen LogP contribution in [0.5, 0.6) is 0 Å². The third-order valence-electron chi connectivity index (χ3n) is 7.74. The van der Waals surface area contributed by atoms with Crippen LogP contribution in [0.2, 0.25) is 0 Å². The maximum atomic E-state index is 14.1. The zero-order valence-electron chi connectivity index (χ0n) is 27.1. The predicted octanol–water partition coefficient (Wildman–Crippen LogP) is 9.12. The van der Waals surface area contributed by atoms with Crippen LogP contribution in [-0.4, -0.2) is 154 Å². The van der Waals surface area contributed by atoms with Crippen LogP contribution in [0, 0.1) is 0 Å². The molecule has 0 saturated heterocycles. The highest BCUT2D eigenvalue weighted by atomic mass is 19.4. The van der Waals surface area contributed by atoms with Gasteiger partial charge in [-0.2, -0.15) is 145 Å². The lowest BCUT2D eigenvalue weighted by Gasteiger charge is -2.47. The van der Waals surface area contributed by atoms with Gasteiger partial charge in [-0.1, -0.05) is 0 Å². The fourth-order valence-corrected chi connectivity index (χ4v) is 4.14. The van der Waals surface area contributed by atoms with Gasteiger partial charge >= 0.3 is 95.0 Å². The number of hydrogen-bond donors (Lipinski definition) is 3. The van der Waals surface area contributed by atoms with E-state index in [9.17, 15) is 150 Å². The quantitative estimate of drug-likeness (QED) is 0.0949. The first kappa shape index (κ1) is 57.5. The second-order valence-corrected chi connectivity index (χ2v) is 11.8. The van der Waals surface area contributed by atoms with Gasteiger partial charge in [0.15, 0.2) is 0 Å². The third kappa shape index (κ3) is 7.59. The molecule has 0 fully saturated rings. The van der Waals surface area contributed by atoms with Gasteiger partial charge < -0.3 is 15.3 Å². The van der Waals surface area contributed by atoms with Crippen molar-refractivity contribution in [1.82, 2.24) is 4.90 Å². The van der Waals surface area contributed by atoms with Gasteiger partial charge in [0.1, 0.15) is 0 Å². The molecule has 0 aliphatic heterocycles. The fourth-order valence-electron chi connectivity index (χ4n) is 4.14. The molecule has 0 radical (unpaired) electrons. The summed E-state index contributed by atoms with van der Waals surface area (Å²) in [5.41, 5.74) is 0. The van der Waals surface area contributed by atoms with Crippen LogP contribution < -0.4 is 0 Å². The molecule has 362 valence electrons. The molecule has 0 aromatic carbocycles. The molecule has 0 heterocycles. The van der Waals surface area contributed by atoms with Crippen molar-refractivity contribution in [2.75, 3.05) is 32.8 Å². The number of halogens is 33. The van der Waals surface area contributed by atoms with Gasteiger partial charge in [-0.05, 0) is 0 Å². The molecule has 1 unspecified atom stereocenters. The van der Waals surface area contributed by atoms with E-state index in [0.717, 1.165) is 0 Å². The van der Waals surface area contributed by atoms with Gasteiger partial charge in [0, 0.05) is 26.1 Å². The van der Waals surface area contributed by atoms with E-state index in [2.05, 4.69) is 0 Å². The summed E-state index contributed by atoms with van der Waals surface area (Å²) < 4.78 is 452. The first-order chi connectivity index (χ1) is 25.6. The molecule has 0 amide bonds. The Morgan fingerprint density at radius 3 is 0.667 bits per heavy atom. The molecule has 4 nitrogen and oxygen atoms in total. The Morgan fingerprint density at radius 1 is 0.300 bits per heavy atom. The van der Waals surface area contributed by atoms with Crippen molar-refractivity contribution in [3.05, 3.63) is 0 Å². The lowest BCUT2D eigenvalue weighted by Crippen LogP contribution is -2.80. The van der Waals surface area contributed by atoms with Gasteiger partial charge in [0.05, 0.1) is 19.3 Å². The van der Waals surface area contributed by atoms with Crippen molar-refractivity contribution in [1.29, 1.82) is 0 Å². The summed E-state index contributed by atoms with van der Waals surface area (Å²) in [5, 5.41) is 26.8. The summed E-state index contributed by atoms with van der Waals surface area (Å²) in [6.07, 6.45) is -15.3. The lowest BCUT2D eigenvalue weighted by molar-refractivity contribution is -0.491. The molecule has 0 saturated carbocycles. The van der Waals surface area contributed by atoms with Crippen molar-refractivity contribution in [2.45, 2.75) is 108 Å². The minimum absolute atomic E-state index is 0.339. The summed E-state index contributed by atoms with van der Waals surface area (Å²) in [7, 11) is 0. The Hall–Kier alpha value is -2.47. The van der Waals surface area contributed by atoms with Crippen molar-refractivity contribution in [2.24, 2.45) is 0 Å². The van der Waals surface area contributed by atoms with Crippen molar-refractivity contribution >= 4 is 0 Å². The SMILES string of the molecule is OCCN(CCO)CC(O)CC(F)(F)C(F)(F)C(F)(F)C(F)(F)C(F)(F)C(F)(F)C(F)(F)C(F)(F)C(F)(F)C(F)(F)C(F)(F)C(F)(F)C(F)(F)C(F)(F)C(F)(F)C(F)(F)F. The summed E-state index contributed by atoms with van der Waals surface area (Å²) >= 11 is 0. The highest BCUT2D eigenvalue weighted by Gasteiger charge is 3.01. The van der Waals surface area contributed by atoms with Crippen LogP contribution in [0.3, 0.4) is 0 Å². The number of aliphatic hydroxyl groups is 3. The van der Waals surface area contributed by atoms with E-state index in [1.54, 1.807) is 0 Å². The largest absolute Gasteiger partial charge is 0.460 e. The highest BCUT2D eigenvalue weighted by Crippen LogP contribution is 2.70. The highest BCUT2D eigenvalue weighted by molar-refractivity contribution is 5.22. The Morgan fingerprint density at radius 2 is 0.483 bits per heavy atom. The summed E-state index contributed by atoms with van der Waals surface area (Å²) in [6, 6.07) is 0. The molecule has 0 bridgehead atoms. The Kier molecular flexibility index (Phi) is 15.0. The maximum Gasteiger partial charge on any atom is 0.460 e. The number of aliphatic hydroxyl groups excluding tert-OH is 3. The normalized spacial score (nSPS) is 17.1. The number of rotatable bonds is 22. The molecule has 60 heavy (non-hydrogen) atoms.